The summed E-state index contributed by atoms with van der Waals surface area (Å²) in [6, 6.07) is 15.2. The van der Waals surface area contributed by atoms with Crippen molar-refractivity contribution < 1.29 is 9.90 Å². The molecule has 1 aliphatic rings. The molecule has 7 nitrogen and oxygen atoms in total. The lowest BCUT2D eigenvalue weighted by atomic mass is 10.1. The Morgan fingerprint density at radius 2 is 1.96 bits per heavy atom. The van der Waals surface area contributed by atoms with Gasteiger partial charge in [0.15, 0.2) is 0 Å². The van der Waals surface area contributed by atoms with Gasteiger partial charge in [0.25, 0.3) is 5.91 Å². The highest BCUT2D eigenvalue weighted by Crippen LogP contribution is 2.21. The van der Waals surface area contributed by atoms with Gasteiger partial charge in [0.1, 0.15) is 5.69 Å². The summed E-state index contributed by atoms with van der Waals surface area (Å²) in [6.07, 6.45) is 4.11. The molecule has 1 amide bonds. The van der Waals surface area contributed by atoms with Crippen LogP contribution >= 0.6 is 0 Å². The fourth-order valence-electron chi connectivity index (χ4n) is 3.29. The van der Waals surface area contributed by atoms with Crippen molar-refractivity contribution in [3.8, 4) is 11.3 Å². The molecule has 1 atom stereocenters. The van der Waals surface area contributed by atoms with Crippen LogP contribution in [0, 0.1) is 0 Å². The Morgan fingerprint density at radius 3 is 2.79 bits per heavy atom. The van der Waals surface area contributed by atoms with Crippen LogP contribution in [0.1, 0.15) is 22.5 Å². The first kappa shape index (κ1) is 18.1. The number of aliphatic hydroxyl groups is 1. The van der Waals surface area contributed by atoms with Crippen LogP contribution in [0.4, 0.5) is 5.95 Å². The lowest BCUT2D eigenvalue weighted by Crippen LogP contribution is -2.37. The minimum atomic E-state index is -0.235. The Hall–Kier alpha value is -3.32. The molecule has 1 aliphatic heterocycles. The van der Waals surface area contributed by atoms with Gasteiger partial charge in [0, 0.05) is 37.1 Å². The van der Waals surface area contributed by atoms with Crippen molar-refractivity contribution in [2.45, 2.75) is 19.1 Å². The van der Waals surface area contributed by atoms with E-state index in [0.717, 1.165) is 24.2 Å². The number of hydrogen-bond donors (Lipinski definition) is 2. The van der Waals surface area contributed by atoms with Crippen molar-refractivity contribution in [1.29, 1.82) is 0 Å². The molecule has 0 saturated carbocycles. The van der Waals surface area contributed by atoms with Gasteiger partial charge in [-0.25, -0.2) is 9.97 Å². The SMILES string of the molecule is O=C(NC1CCN(c2nccc(-c3ccccc3)n2)C1)c1cc(CO)ccn1. The van der Waals surface area contributed by atoms with E-state index in [1.165, 1.54) is 6.20 Å². The van der Waals surface area contributed by atoms with Crippen molar-refractivity contribution in [2.24, 2.45) is 0 Å². The second-order valence-electron chi connectivity index (χ2n) is 6.72. The quantitative estimate of drug-likeness (QED) is 0.709. The number of anilines is 1. The molecular weight excluding hydrogens is 354 g/mol. The summed E-state index contributed by atoms with van der Waals surface area (Å²) in [5.41, 5.74) is 2.90. The highest BCUT2D eigenvalue weighted by molar-refractivity contribution is 5.92. The van der Waals surface area contributed by atoms with Crippen LogP contribution < -0.4 is 10.2 Å². The fraction of sp³-hybridized carbons (Fsp3) is 0.238. The van der Waals surface area contributed by atoms with Crippen molar-refractivity contribution >= 4 is 11.9 Å². The molecule has 2 aromatic heterocycles. The predicted molar refractivity (Wildman–Crippen MR) is 106 cm³/mol. The van der Waals surface area contributed by atoms with Crippen molar-refractivity contribution in [1.82, 2.24) is 20.3 Å². The summed E-state index contributed by atoms with van der Waals surface area (Å²) in [6.45, 7) is 1.30. The lowest BCUT2D eigenvalue weighted by Gasteiger charge is -2.17. The van der Waals surface area contributed by atoms with Gasteiger partial charge in [-0.05, 0) is 30.2 Å². The van der Waals surface area contributed by atoms with E-state index < -0.39 is 0 Å². The van der Waals surface area contributed by atoms with E-state index in [1.807, 2.05) is 36.4 Å². The molecule has 3 heterocycles. The Labute approximate surface area is 163 Å². The number of aromatic nitrogens is 3. The average molecular weight is 375 g/mol. The second-order valence-corrected chi connectivity index (χ2v) is 6.72. The number of amides is 1. The third-order valence-electron chi connectivity index (χ3n) is 4.76. The lowest BCUT2D eigenvalue weighted by molar-refractivity contribution is 0.0935. The maximum absolute atomic E-state index is 12.4. The average Bonchev–Trinajstić information content (AvgIpc) is 3.23. The molecule has 142 valence electrons. The second kappa shape index (κ2) is 8.14. The number of aliphatic hydroxyl groups excluding tert-OH is 1. The first-order valence-corrected chi connectivity index (χ1v) is 9.23. The van der Waals surface area contributed by atoms with Crippen LogP contribution in [0.2, 0.25) is 0 Å². The number of rotatable bonds is 5. The molecule has 0 bridgehead atoms. The summed E-state index contributed by atoms with van der Waals surface area (Å²) in [7, 11) is 0. The minimum Gasteiger partial charge on any atom is -0.392 e. The third-order valence-corrected chi connectivity index (χ3v) is 4.76. The Kier molecular flexibility index (Phi) is 5.25. The van der Waals surface area contributed by atoms with Gasteiger partial charge in [0.05, 0.1) is 12.3 Å². The topological polar surface area (TPSA) is 91.2 Å². The fourth-order valence-corrected chi connectivity index (χ4v) is 3.29. The van der Waals surface area contributed by atoms with E-state index in [-0.39, 0.29) is 18.6 Å². The molecular formula is C21H21N5O2. The Balaban J connectivity index is 1.42. The van der Waals surface area contributed by atoms with Gasteiger partial charge in [-0.15, -0.1) is 0 Å². The minimum absolute atomic E-state index is 0.00364. The molecule has 1 fully saturated rings. The van der Waals surface area contributed by atoms with E-state index >= 15 is 0 Å². The summed E-state index contributed by atoms with van der Waals surface area (Å²) in [5.74, 6) is 0.430. The number of carbonyl (C=O) groups excluding carboxylic acids is 1. The number of pyridine rings is 1. The van der Waals surface area contributed by atoms with Crippen molar-refractivity contribution in [2.75, 3.05) is 18.0 Å². The third kappa shape index (κ3) is 3.99. The van der Waals surface area contributed by atoms with E-state index in [9.17, 15) is 9.90 Å². The molecule has 1 unspecified atom stereocenters. The van der Waals surface area contributed by atoms with Crippen LogP contribution in [0.5, 0.6) is 0 Å². The summed E-state index contributed by atoms with van der Waals surface area (Å²) in [4.78, 5) is 27.7. The zero-order valence-electron chi connectivity index (χ0n) is 15.3. The van der Waals surface area contributed by atoms with Crippen molar-refractivity contribution in [3.63, 3.8) is 0 Å². The summed E-state index contributed by atoms with van der Waals surface area (Å²) < 4.78 is 0. The molecule has 1 aromatic carbocycles. The van der Waals surface area contributed by atoms with Crippen LogP contribution in [0.25, 0.3) is 11.3 Å². The van der Waals surface area contributed by atoms with Gasteiger partial charge in [-0.1, -0.05) is 30.3 Å². The van der Waals surface area contributed by atoms with Gasteiger partial charge >= 0.3 is 0 Å². The monoisotopic (exact) mass is 375 g/mol. The molecule has 4 rings (SSSR count). The largest absolute Gasteiger partial charge is 0.392 e. The number of nitrogens with zero attached hydrogens (tertiary/aromatic N) is 4. The highest BCUT2D eigenvalue weighted by atomic mass is 16.3. The van der Waals surface area contributed by atoms with Crippen LogP contribution in [0.15, 0.2) is 60.9 Å². The van der Waals surface area contributed by atoms with Gasteiger partial charge in [-0.3, -0.25) is 9.78 Å². The smallest absolute Gasteiger partial charge is 0.270 e. The van der Waals surface area contributed by atoms with E-state index in [4.69, 9.17) is 0 Å². The summed E-state index contributed by atoms with van der Waals surface area (Å²) >= 11 is 0. The standard InChI is InChI=1S/C21H21N5O2/c27-14-15-6-9-22-19(12-15)20(28)24-17-8-11-26(13-17)21-23-10-7-18(25-21)16-4-2-1-3-5-16/h1-7,9-10,12,17,27H,8,11,13-14H2,(H,24,28). The molecule has 2 N–H and O–H groups in total. The normalized spacial score (nSPS) is 16.2. The molecule has 0 aliphatic carbocycles. The molecule has 0 radical (unpaired) electrons. The molecule has 7 heteroatoms. The van der Waals surface area contributed by atoms with Crippen LogP contribution in [0.3, 0.4) is 0 Å². The van der Waals surface area contributed by atoms with E-state index in [2.05, 4.69) is 25.2 Å². The number of carbonyl (C=O) groups is 1. The molecule has 1 saturated heterocycles. The zero-order valence-corrected chi connectivity index (χ0v) is 15.3. The predicted octanol–water partition coefficient (Wildman–Crippen LogP) is 2.04. The van der Waals surface area contributed by atoms with Crippen LogP contribution in [-0.2, 0) is 6.61 Å². The molecule has 0 spiro atoms. The zero-order chi connectivity index (χ0) is 19.3. The van der Waals surface area contributed by atoms with E-state index in [0.29, 0.717) is 23.8 Å². The number of benzene rings is 1. The maximum Gasteiger partial charge on any atom is 0.270 e. The van der Waals surface area contributed by atoms with Gasteiger partial charge in [-0.2, -0.15) is 0 Å². The first-order chi connectivity index (χ1) is 13.7. The van der Waals surface area contributed by atoms with Gasteiger partial charge < -0.3 is 15.3 Å². The molecule has 28 heavy (non-hydrogen) atoms. The number of hydrogen-bond acceptors (Lipinski definition) is 6. The van der Waals surface area contributed by atoms with Crippen molar-refractivity contribution in [3.05, 3.63) is 72.2 Å². The first-order valence-electron chi connectivity index (χ1n) is 9.23. The van der Waals surface area contributed by atoms with Crippen LogP contribution in [-0.4, -0.2) is 45.1 Å². The number of nitrogens with one attached hydrogen (secondary N) is 1. The Morgan fingerprint density at radius 1 is 1.14 bits per heavy atom. The highest BCUT2D eigenvalue weighted by Gasteiger charge is 2.26. The van der Waals surface area contributed by atoms with E-state index in [1.54, 1.807) is 18.3 Å². The maximum atomic E-state index is 12.4. The Bertz CT molecular complexity index is 964. The summed E-state index contributed by atoms with van der Waals surface area (Å²) in [5, 5.41) is 12.2. The molecule has 3 aromatic rings. The van der Waals surface area contributed by atoms with Gasteiger partial charge in [0.2, 0.25) is 5.95 Å².